The Balaban J connectivity index is 2.02. The van der Waals surface area contributed by atoms with E-state index in [1.165, 1.54) is 0 Å². The molecule has 0 bridgehead atoms. The minimum atomic E-state index is -2.45. The summed E-state index contributed by atoms with van der Waals surface area (Å²) in [6, 6.07) is 0. The Labute approximate surface area is 113 Å². The minimum Gasteiger partial charge on any atom is -0.374 e. The Morgan fingerprint density at radius 2 is 1.89 bits per heavy atom. The summed E-state index contributed by atoms with van der Waals surface area (Å²) in [4.78, 5) is 11.6. The lowest BCUT2D eigenvalue weighted by Gasteiger charge is -2.27. The van der Waals surface area contributed by atoms with Crippen molar-refractivity contribution in [3.63, 3.8) is 0 Å². The molecule has 1 aliphatic carbocycles. The second kappa shape index (κ2) is 9.20. The van der Waals surface area contributed by atoms with Gasteiger partial charge in [0.1, 0.15) is 6.61 Å². The van der Waals surface area contributed by atoms with Crippen molar-refractivity contribution in [1.29, 1.82) is 0 Å². The van der Waals surface area contributed by atoms with Crippen molar-refractivity contribution in [3.05, 3.63) is 0 Å². The van der Waals surface area contributed by atoms with Crippen molar-refractivity contribution in [2.24, 2.45) is 17.6 Å². The maximum Gasteiger partial charge on any atom is 0.261 e. The first-order valence-electron chi connectivity index (χ1n) is 6.94. The van der Waals surface area contributed by atoms with Crippen LogP contribution in [0.5, 0.6) is 0 Å². The second-order valence-corrected chi connectivity index (χ2v) is 5.14. The number of carbonyl (C=O) groups excluding carboxylic acids is 1. The molecule has 0 unspecified atom stereocenters. The van der Waals surface area contributed by atoms with Crippen LogP contribution in [0, 0.1) is 11.8 Å². The first-order chi connectivity index (χ1) is 9.11. The van der Waals surface area contributed by atoms with Crippen molar-refractivity contribution < 1.29 is 18.3 Å². The lowest BCUT2D eigenvalue weighted by atomic mass is 9.80. The highest BCUT2D eigenvalue weighted by atomic mass is 19.3. The maximum atomic E-state index is 11.8. The van der Waals surface area contributed by atoms with Crippen LogP contribution in [0.15, 0.2) is 0 Å². The highest BCUT2D eigenvalue weighted by Gasteiger charge is 2.21. The molecule has 0 aromatic rings. The molecule has 1 saturated carbocycles. The van der Waals surface area contributed by atoms with Crippen molar-refractivity contribution in [2.75, 3.05) is 26.3 Å². The number of amides is 1. The molecule has 19 heavy (non-hydrogen) atoms. The van der Waals surface area contributed by atoms with Crippen LogP contribution in [0.2, 0.25) is 0 Å². The Kier molecular flexibility index (Phi) is 7.90. The predicted molar refractivity (Wildman–Crippen MR) is 69.0 cm³/mol. The Bertz CT molecular complexity index is 257. The predicted octanol–water partition coefficient (Wildman–Crippen LogP) is 1.54. The van der Waals surface area contributed by atoms with Gasteiger partial charge in [0.2, 0.25) is 5.91 Å². The van der Waals surface area contributed by atoms with Crippen LogP contribution in [0.3, 0.4) is 0 Å². The summed E-state index contributed by atoms with van der Waals surface area (Å²) in [6.07, 6.45) is 2.38. The maximum absolute atomic E-state index is 11.8. The smallest absolute Gasteiger partial charge is 0.261 e. The van der Waals surface area contributed by atoms with Gasteiger partial charge in [-0.3, -0.25) is 4.79 Å². The van der Waals surface area contributed by atoms with E-state index in [9.17, 15) is 13.6 Å². The van der Waals surface area contributed by atoms with E-state index in [1.807, 2.05) is 0 Å². The number of alkyl halides is 2. The van der Waals surface area contributed by atoms with Gasteiger partial charge < -0.3 is 15.8 Å². The van der Waals surface area contributed by atoms with Crippen LogP contribution in [-0.2, 0) is 9.53 Å². The minimum absolute atomic E-state index is 0.0168. The van der Waals surface area contributed by atoms with Crippen LogP contribution < -0.4 is 11.1 Å². The average molecular weight is 278 g/mol. The van der Waals surface area contributed by atoms with Gasteiger partial charge in [0.15, 0.2) is 0 Å². The Morgan fingerprint density at radius 1 is 1.26 bits per heavy atom. The summed E-state index contributed by atoms with van der Waals surface area (Å²) in [7, 11) is 0. The van der Waals surface area contributed by atoms with Crippen molar-refractivity contribution in [2.45, 2.75) is 38.5 Å². The van der Waals surface area contributed by atoms with Crippen molar-refractivity contribution in [3.8, 4) is 0 Å². The topological polar surface area (TPSA) is 64.4 Å². The number of carbonyl (C=O) groups is 1. The molecule has 112 valence electrons. The van der Waals surface area contributed by atoms with Gasteiger partial charge in [-0.05, 0) is 44.1 Å². The molecule has 4 nitrogen and oxygen atoms in total. The monoisotopic (exact) mass is 278 g/mol. The van der Waals surface area contributed by atoms with Crippen molar-refractivity contribution >= 4 is 5.91 Å². The SMILES string of the molecule is NCC1CCC(CC(=O)NCCOCC(F)F)CC1. The molecule has 0 atom stereocenters. The number of nitrogens with one attached hydrogen (secondary N) is 1. The lowest BCUT2D eigenvalue weighted by molar-refractivity contribution is -0.122. The van der Waals surface area contributed by atoms with E-state index in [0.717, 1.165) is 32.2 Å². The standard InChI is InChI=1S/C13H24F2N2O2/c14-12(15)9-19-6-5-17-13(18)7-10-1-3-11(8-16)4-2-10/h10-12H,1-9,16H2,(H,17,18). The molecule has 1 aliphatic rings. The highest BCUT2D eigenvalue weighted by Crippen LogP contribution is 2.29. The van der Waals surface area contributed by atoms with Crippen molar-refractivity contribution in [1.82, 2.24) is 5.32 Å². The van der Waals surface area contributed by atoms with E-state index >= 15 is 0 Å². The molecule has 0 radical (unpaired) electrons. The van der Waals surface area contributed by atoms with Gasteiger partial charge in [0, 0.05) is 13.0 Å². The van der Waals surface area contributed by atoms with Crippen LogP contribution in [0.25, 0.3) is 0 Å². The largest absolute Gasteiger partial charge is 0.374 e. The normalized spacial score (nSPS) is 23.6. The molecular weight excluding hydrogens is 254 g/mol. The lowest BCUT2D eigenvalue weighted by Crippen LogP contribution is -2.31. The van der Waals surface area contributed by atoms with E-state index in [4.69, 9.17) is 5.73 Å². The van der Waals surface area contributed by atoms with E-state index in [2.05, 4.69) is 10.1 Å². The Morgan fingerprint density at radius 3 is 2.47 bits per heavy atom. The van der Waals surface area contributed by atoms with Gasteiger partial charge in [-0.2, -0.15) is 0 Å². The summed E-state index contributed by atoms with van der Waals surface area (Å²) in [5.74, 6) is 1.03. The summed E-state index contributed by atoms with van der Waals surface area (Å²) >= 11 is 0. The molecule has 0 spiro atoms. The first kappa shape index (κ1) is 16.3. The molecule has 0 aliphatic heterocycles. The number of nitrogens with two attached hydrogens (primary N) is 1. The van der Waals surface area contributed by atoms with E-state index < -0.39 is 13.0 Å². The fraction of sp³-hybridized carbons (Fsp3) is 0.923. The number of hydrogen-bond donors (Lipinski definition) is 2. The van der Waals surface area contributed by atoms with E-state index in [-0.39, 0.29) is 12.5 Å². The van der Waals surface area contributed by atoms with Crippen LogP contribution >= 0.6 is 0 Å². The Hall–Kier alpha value is -0.750. The molecule has 1 amide bonds. The fourth-order valence-corrected chi connectivity index (χ4v) is 2.44. The average Bonchev–Trinajstić information content (AvgIpc) is 2.39. The summed E-state index contributed by atoms with van der Waals surface area (Å²) < 4.78 is 28.2. The fourth-order valence-electron chi connectivity index (χ4n) is 2.44. The number of rotatable bonds is 8. The van der Waals surface area contributed by atoms with E-state index in [1.54, 1.807) is 0 Å². The quantitative estimate of drug-likeness (QED) is 0.662. The molecule has 0 heterocycles. The molecule has 0 aromatic carbocycles. The molecule has 1 fully saturated rings. The molecule has 0 aromatic heterocycles. The summed E-state index contributed by atoms with van der Waals surface area (Å²) in [5, 5.41) is 2.70. The third kappa shape index (κ3) is 7.42. The molecular formula is C13H24F2N2O2. The summed E-state index contributed by atoms with van der Waals surface area (Å²) in [6.45, 7) is 0.596. The van der Waals surface area contributed by atoms with Gasteiger partial charge in [0.05, 0.1) is 6.61 Å². The van der Waals surface area contributed by atoms with Gasteiger partial charge in [-0.25, -0.2) is 8.78 Å². The molecule has 0 saturated heterocycles. The second-order valence-electron chi connectivity index (χ2n) is 5.14. The van der Waals surface area contributed by atoms with Crippen LogP contribution in [-0.4, -0.2) is 38.6 Å². The molecule has 1 rings (SSSR count). The number of ether oxygens (including phenoxy) is 1. The van der Waals surface area contributed by atoms with Gasteiger partial charge in [-0.1, -0.05) is 0 Å². The van der Waals surface area contributed by atoms with E-state index in [0.29, 0.717) is 24.8 Å². The highest BCUT2D eigenvalue weighted by molar-refractivity contribution is 5.76. The number of hydrogen-bond acceptors (Lipinski definition) is 3. The number of halogens is 2. The van der Waals surface area contributed by atoms with Crippen LogP contribution in [0.4, 0.5) is 8.78 Å². The zero-order valence-corrected chi connectivity index (χ0v) is 11.2. The van der Waals surface area contributed by atoms with Gasteiger partial charge >= 0.3 is 0 Å². The van der Waals surface area contributed by atoms with Crippen LogP contribution in [0.1, 0.15) is 32.1 Å². The van der Waals surface area contributed by atoms with Gasteiger partial charge in [-0.15, -0.1) is 0 Å². The van der Waals surface area contributed by atoms with Gasteiger partial charge in [0.25, 0.3) is 6.43 Å². The zero-order valence-electron chi connectivity index (χ0n) is 11.2. The third-order valence-electron chi connectivity index (χ3n) is 3.59. The first-order valence-corrected chi connectivity index (χ1v) is 6.94. The zero-order chi connectivity index (χ0) is 14.1. The summed E-state index contributed by atoms with van der Waals surface area (Å²) in [5.41, 5.74) is 5.62. The third-order valence-corrected chi connectivity index (χ3v) is 3.59. The molecule has 3 N–H and O–H groups in total. The molecule has 6 heteroatoms.